The summed E-state index contributed by atoms with van der Waals surface area (Å²) in [5.74, 6) is 0.271. The minimum Gasteiger partial charge on any atom is -0.351 e. The number of halogens is 1. The molecule has 2 aliphatic rings. The minimum absolute atomic E-state index is 0.0127. The summed E-state index contributed by atoms with van der Waals surface area (Å²) in [6, 6.07) is 7.61. The van der Waals surface area contributed by atoms with Crippen LogP contribution in [-0.4, -0.2) is 54.8 Å². The van der Waals surface area contributed by atoms with Crippen LogP contribution in [-0.2, 0) is 16.1 Å². The summed E-state index contributed by atoms with van der Waals surface area (Å²) in [6.07, 6.45) is 5.02. The van der Waals surface area contributed by atoms with Crippen LogP contribution in [0.25, 0.3) is 0 Å². The number of piperidine rings is 1. The van der Waals surface area contributed by atoms with Crippen LogP contribution in [0.2, 0.25) is 5.02 Å². The van der Waals surface area contributed by atoms with E-state index in [4.69, 9.17) is 11.6 Å². The van der Waals surface area contributed by atoms with E-state index in [1.165, 1.54) is 0 Å². The van der Waals surface area contributed by atoms with E-state index in [0.29, 0.717) is 31.0 Å². The van der Waals surface area contributed by atoms with Crippen LogP contribution >= 0.6 is 11.6 Å². The second kappa shape index (κ2) is 8.61. The number of likely N-dealkylation sites (N-methyl/N-ethyl adjacent to an activating group) is 1. The third-order valence-electron chi connectivity index (χ3n) is 6.11. The Labute approximate surface area is 167 Å². The van der Waals surface area contributed by atoms with Gasteiger partial charge in [-0.2, -0.15) is 0 Å². The van der Waals surface area contributed by atoms with Crippen LogP contribution < -0.4 is 5.32 Å². The molecule has 1 saturated heterocycles. The first-order valence-corrected chi connectivity index (χ1v) is 10.3. The molecule has 0 unspecified atom stereocenters. The Morgan fingerprint density at radius 1 is 1.30 bits per heavy atom. The molecule has 2 fully saturated rings. The molecule has 1 N–H and O–H groups in total. The number of hydrogen-bond donors (Lipinski definition) is 1. The van der Waals surface area contributed by atoms with E-state index in [2.05, 4.69) is 10.2 Å². The Bertz CT molecular complexity index is 694. The Balaban J connectivity index is 1.76. The van der Waals surface area contributed by atoms with Crippen molar-refractivity contribution in [3.05, 3.63) is 34.9 Å². The number of nitrogens with one attached hydrogen (secondary N) is 1. The molecule has 1 aliphatic carbocycles. The molecule has 1 saturated carbocycles. The molecular formula is C21H30ClN3O2. The number of likely N-dealkylation sites (tertiary alicyclic amines) is 1. The summed E-state index contributed by atoms with van der Waals surface area (Å²) in [4.78, 5) is 30.0. The van der Waals surface area contributed by atoms with Crippen LogP contribution in [0.15, 0.2) is 24.3 Å². The van der Waals surface area contributed by atoms with E-state index in [1.807, 2.05) is 43.3 Å². The monoisotopic (exact) mass is 391 g/mol. The molecular weight excluding hydrogens is 362 g/mol. The summed E-state index contributed by atoms with van der Waals surface area (Å²) >= 11 is 6.23. The van der Waals surface area contributed by atoms with Crippen molar-refractivity contribution in [3.8, 4) is 0 Å². The molecule has 1 heterocycles. The molecule has 148 valence electrons. The zero-order valence-electron chi connectivity index (χ0n) is 16.3. The molecule has 5 nitrogen and oxygen atoms in total. The molecule has 3 rings (SSSR count). The Kier molecular flexibility index (Phi) is 6.43. The number of nitrogens with zero attached hydrogens (tertiary/aromatic N) is 2. The number of carbonyl (C=O) groups excluding carboxylic acids is 2. The Morgan fingerprint density at radius 3 is 2.81 bits per heavy atom. The van der Waals surface area contributed by atoms with Gasteiger partial charge in [0.2, 0.25) is 11.8 Å². The lowest BCUT2D eigenvalue weighted by atomic mass is 9.64. The van der Waals surface area contributed by atoms with E-state index in [9.17, 15) is 9.59 Å². The maximum absolute atomic E-state index is 13.3. The van der Waals surface area contributed by atoms with Crippen molar-refractivity contribution in [1.29, 1.82) is 0 Å². The fourth-order valence-electron chi connectivity index (χ4n) is 4.57. The van der Waals surface area contributed by atoms with Gasteiger partial charge in [-0.1, -0.05) is 42.6 Å². The lowest BCUT2D eigenvalue weighted by molar-refractivity contribution is -0.155. The predicted molar refractivity (Wildman–Crippen MR) is 107 cm³/mol. The lowest BCUT2D eigenvalue weighted by Crippen LogP contribution is -2.62. The molecule has 2 atom stereocenters. The maximum atomic E-state index is 13.3. The summed E-state index contributed by atoms with van der Waals surface area (Å²) in [5, 5.41) is 3.80. The average molecular weight is 392 g/mol. The topological polar surface area (TPSA) is 52.7 Å². The average Bonchev–Trinajstić information content (AvgIpc) is 2.66. The zero-order chi connectivity index (χ0) is 19.4. The smallest absolute Gasteiger partial charge is 0.228 e. The van der Waals surface area contributed by atoms with Crippen molar-refractivity contribution in [1.82, 2.24) is 15.1 Å². The molecule has 0 aromatic heterocycles. The van der Waals surface area contributed by atoms with E-state index in [0.717, 1.165) is 37.8 Å². The highest BCUT2D eigenvalue weighted by Gasteiger charge is 2.52. The first-order valence-electron chi connectivity index (χ1n) is 9.90. The second-order valence-electron chi connectivity index (χ2n) is 8.08. The normalized spacial score (nSPS) is 25.4. The highest BCUT2D eigenvalue weighted by molar-refractivity contribution is 6.31. The molecule has 0 radical (unpaired) electrons. The predicted octanol–water partition coefficient (Wildman–Crippen LogP) is 3.07. The van der Waals surface area contributed by atoms with E-state index in [1.54, 1.807) is 0 Å². The number of hydrogen-bond acceptors (Lipinski definition) is 3. The number of amides is 2. The van der Waals surface area contributed by atoms with Crippen LogP contribution in [0, 0.1) is 5.41 Å². The van der Waals surface area contributed by atoms with Crippen LogP contribution in [0.1, 0.15) is 44.1 Å². The van der Waals surface area contributed by atoms with Gasteiger partial charge >= 0.3 is 0 Å². The fourth-order valence-corrected chi connectivity index (χ4v) is 4.78. The van der Waals surface area contributed by atoms with Crippen LogP contribution in [0.4, 0.5) is 0 Å². The number of rotatable bonds is 6. The highest BCUT2D eigenvalue weighted by Crippen LogP contribution is 2.46. The summed E-state index contributed by atoms with van der Waals surface area (Å²) < 4.78 is 0. The van der Waals surface area contributed by atoms with Gasteiger partial charge in [-0.25, -0.2) is 0 Å². The largest absolute Gasteiger partial charge is 0.351 e. The molecule has 1 aromatic rings. The van der Waals surface area contributed by atoms with Gasteiger partial charge in [0.1, 0.15) is 0 Å². The quantitative estimate of drug-likeness (QED) is 0.810. The SMILES string of the molecule is CN(C)CCN1C(=O)CC[C@]2(C(=O)NCc3ccccc3Cl)CCCC[C@@H]12. The van der Waals surface area contributed by atoms with E-state index >= 15 is 0 Å². The van der Waals surface area contributed by atoms with Crippen LogP contribution in [0.3, 0.4) is 0 Å². The number of benzene rings is 1. The van der Waals surface area contributed by atoms with Crippen molar-refractivity contribution in [2.45, 2.75) is 51.1 Å². The molecule has 1 aliphatic heterocycles. The molecule has 1 aromatic carbocycles. The van der Waals surface area contributed by atoms with Crippen molar-refractivity contribution < 1.29 is 9.59 Å². The maximum Gasteiger partial charge on any atom is 0.228 e. The van der Waals surface area contributed by atoms with Gasteiger partial charge in [0.15, 0.2) is 0 Å². The third-order valence-corrected chi connectivity index (χ3v) is 6.48. The van der Waals surface area contributed by atoms with Crippen LogP contribution in [0.5, 0.6) is 0 Å². The lowest BCUT2D eigenvalue weighted by Gasteiger charge is -2.51. The summed E-state index contributed by atoms with van der Waals surface area (Å²) in [6.45, 7) is 1.94. The van der Waals surface area contributed by atoms with Gasteiger partial charge in [-0.05, 0) is 45.0 Å². The second-order valence-corrected chi connectivity index (χ2v) is 8.49. The zero-order valence-corrected chi connectivity index (χ0v) is 17.1. The molecule has 27 heavy (non-hydrogen) atoms. The van der Waals surface area contributed by atoms with Gasteiger partial charge in [-0.15, -0.1) is 0 Å². The standard InChI is InChI=1S/C21H30ClN3O2/c1-24(2)13-14-25-18-9-5-6-11-21(18,12-10-19(25)26)20(27)23-15-16-7-3-4-8-17(16)22/h3-4,7-8,18H,5-6,9-15H2,1-2H3,(H,23,27)/t18-,21-/m1/s1. The summed E-state index contributed by atoms with van der Waals surface area (Å²) in [5.41, 5.74) is 0.465. The van der Waals surface area contributed by atoms with Crippen molar-refractivity contribution in [2.75, 3.05) is 27.2 Å². The first kappa shape index (κ1) is 20.2. The Morgan fingerprint density at radius 2 is 2.07 bits per heavy atom. The highest BCUT2D eigenvalue weighted by atomic mass is 35.5. The van der Waals surface area contributed by atoms with Gasteiger partial charge in [-0.3, -0.25) is 9.59 Å². The van der Waals surface area contributed by atoms with Gasteiger partial charge in [0, 0.05) is 37.1 Å². The van der Waals surface area contributed by atoms with E-state index < -0.39 is 5.41 Å². The van der Waals surface area contributed by atoms with Crippen molar-refractivity contribution >= 4 is 23.4 Å². The molecule has 2 amide bonds. The minimum atomic E-state index is -0.459. The summed E-state index contributed by atoms with van der Waals surface area (Å²) in [7, 11) is 4.03. The molecule has 0 bridgehead atoms. The van der Waals surface area contributed by atoms with Gasteiger partial charge < -0.3 is 15.1 Å². The first-order chi connectivity index (χ1) is 12.9. The number of carbonyl (C=O) groups is 2. The van der Waals surface area contributed by atoms with Crippen molar-refractivity contribution in [2.24, 2.45) is 5.41 Å². The van der Waals surface area contributed by atoms with Crippen molar-refractivity contribution in [3.63, 3.8) is 0 Å². The van der Waals surface area contributed by atoms with Gasteiger partial charge in [0.05, 0.1) is 5.41 Å². The molecule has 0 spiro atoms. The Hall–Kier alpha value is -1.59. The number of fused-ring (bicyclic) bond motifs is 1. The molecule has 6 heteroatoms. The van der Waals surface area contributed by atoms with Gasteiger partial charge in [0.25, 0.3) is 0 Å². The fraction of sp³-hybridized carbons (Fsp3) is 0.619. The van der Waals surface area contributed by atoms with E-state index in [-0.39, 0.29) is 17.9 Å². The third kappa shape index (κ3) is 4.30.